The smallest absolute Gasteiger partial charge is 0.165 e. The highest BCUT2D eigenvalue weighted by Gasteiger charge is 2.50. The van der Waals surface area contributed by atoms with Crippen molar-refractivity contribution in [2.45, 2.75) is 38.1 Å². The molecule has 0 aromatic rings. The molecule has 2 aliphatic heterocycles. The van der Waals surface area contributed by atoms with E-state index in [9.17, 15) is 0 Å². The van der Waals surface area contributed by atoms with Crippen LogP contribution < -0.4 is 5.48 Å². The molecule has 0 saturated carbocycles. The van der Waals surface area contributed by atoms with Gasteiger partial charge in [0.15, 0.2) is 12.0 Å². The zero-order valence-electron chi connectivity index (χ0n) is 7.11. The van der Waals surface area contributed by atoms with Crippen molar-refractivity contribution < 1.29 is 19.4 Å². The third-order valence-electron chi connectivity index (χ3n) is 2.01. The molecule has 0 spiro atoms. The van der Waals surface area contributed by atoms with Gasteiger partial charge in [0.2, 0.25) is 0 Å². The van der Waals surface area contributed by atoms with Crippen LogP contribution in [-0.2, 0) is 14.3 Å². The predicted octanol–water partition coefficient (Wildman–Crippen LogP) is -0.640. The first-order chi connectivity index (χ1) is 5.62. The quantitative estimate of drug-likeness (QED) is 0.555. The molecule has 3 atom stereocenters. The molecule has 0 amide bonds. The van der Waals surface area contributed by atoms with Crippen molar-refractivity contribution >= 4 is 0 Å². The minimum Gasteiger partial charge on any atom is -0.393 e. The van der Waals surface area contributed by atoms with Gasteiger partial charge >= 0.3 is 0 Å². The van der Waals surface area contributed by atoms with Gasteiger partial charge in [0.05, 0.1) is 6.61 Å². The Labute approximate surface area is 70.6 Å². The van der Waals surface area contributed by atoms with Crippen molar-refractivity contribution in [3.8, 4) is 0 Å². The van der Waals surface area contributed by atoms with E-state index in [1.54, 1.807) is 0 Å². The Kier molecular flexibility index (Phi) is 1.85. The second-order valence-corrected chi connectivity index (χ2v) is 3.48. The lowest BCUT2D eigenvalue weighted by atomic mass is 10.2. The van der Waals surface area contributed by atoms with Crippen molar-refractivity contribution in [3.05, 3.63) is 0 Å². The van der Waals surface area contributed by atoms with Crippen LogP contribution in [0.1, 0.15) is 13.8 Å². The first kappa shape index (κ1) is 8.40. The molecule has 5 nitrogen and oxygen atoms in total. The monoisotopic (exact) mass is 175 g/mol. The standard InChI is InChI=1S/C7H13NO4/c1-7(2)10-5-4(3-9)12-8-6(5)11-7/h4-6,8-9H,3H2,1-2H3/t4-,5-,6-/m1/s1. The van der Waals surface area contributed by atoms with Gasteiger partial charge in [-0.25, -0.2) is 0 Å². The molecule has 5 heteroatoms. The third-order valence-corrected chi connectivity index (χ3v) is 2.01. The molecule has 0 unspecified atom stereocenters. The number of ether oxygens (including phenoxy) is 2. The molecular formula is C7H13NO4. The Morgan fingerprint density at radius 1 is 1.42 bits per heavy atom. The average Bonchev–Trinajstić information content (AvgIpc) is 2.42. The van der Waals surface area contributed by atoms with Gasteiger partial charge in [0, 0.05) is 0 Å². The lowest BCUT2D eigenvalue weighted by Gasteiger charge is -2.19. The number of aliphatic hydroxyl groups excluding tert-OH is 1. The Balaban J connectivity index is 2.06. The summed E-state index contributed by atoms with van der Waals surface area (Å²) in [5.74, 6) is -0.584. The van der Waals surface area contributed by atoms with Crippen LogP contribution in [0.3, 0.4) is 0 Å². The van der Waals surface area contributed by atoms with Gasteiger partial charge in [0.25, 0.3) is 0 Å². The number of aliphatic hydroxyl groups is 1. The van der Waals surface area contributed by atoms with Crippen LogP contribution in [0.15, 0.2) is 0 Å². The summed E-state index contributed by atoms with van der Waals surface area (Å²) in [6, 6.07) is 0. The summed E-state index contributed by atoms with van der Waals surface area (Å²) in [7, 11) is 0. The van der Waals surface area contributed by atoms with E-state index in [0.717, 1.165) is 0 Å². The minimum atomic E-state index is -0.584. The molecule has 2 fully saturated rings. The van der Waals surface area contributed by atoms with Gasteiger partial charge in [-0.05, 0) is 13.8 Å². The highest BCUT2D eigenvalue weighted by Crippen LogP contribution is 2.32. The molecule has 70 valence electrons. The molecule has 0 aromatic heterocycles. The lowest BCUT2D eigenvalue weighted by Crippen LogP contribution is -2.31. The van der Waals surface area contributed by atoms with Crippen molar-refractivity contribution in [1.29, 1.82) is 0 Å². The number of fused-ring (bicyclic) bond motifs is 1. The normalized spacial score (nSPS) is 44.8. The number of rotatable bonds is 1. The number of hydrogen-bond acceptors (Lipinski definition) is 5. The summed E-state index contributed by atoms with van der Waals surface area (Å²) in [5, 5.41) is 8.88. The molecule has 0 aromatic carbocycles. The summed E-state index contributed by atoms with van der Waals surface area (Å²) in [6.07, 6.45) is -0.779. The van der Waals surface area contributed by atoms with Crippen LogP contribution in [0.25, 0.3) is 0 Å². The maximum absolute atomic E-state index is 8.88. The van der Waals surface area contributed by atoms with Gasteiger partial charge in [0.1, 0.15) is 12.2 Å². The van der Waals surface area contributed by atoms with Gasteiger partial charge in [-0.3, -0.25) is 4.84 Å². The molecule has 0 aliphatic carbocycles. The minimum absolute atomic E-state index is 0.0619. The van der Waals surface area contributed by atoms with E-state index >= 15 is 0 Å². The largest absolute Gasteiger partial charge is 0.393 e. The molecule has 2 saturated heterocycles. The first-order valence-corrected chi connectivity index (χ1v) is 4.00. The third kappa shape index (κ3) is 1.23. The first-order valence-electron chi connectivity index (χ1n) is 4.00. The highest BCUT2D eigenvalue weighted by atomic mass is 16.8. The van der Waals surface area contributed by atoms with E-state index in [-0.39, 0.29) is 25.0 Å². The summed E-state index contributed by atoms with van der Waals surface area (Å²) in [4.78, 5) is 5.01. The van der Waals surface area contributed by atoms with Crippen LogP contribution in [0.2, 0.25) is 0 Å². The Morgan fingerprint density at radius 3 is 2.83 bits per heavy atom. The summed E-state index contributed by atoms with van der Waals surface area (Å²) in [5.41, 5.74) is 2.67. The molecule has 2 aliphatic rings. The molecule has 12 heavy (non-hydrogen) atoms. The molecule has 2 N–H and O–H groups in total. The second kappa shape index (κ2) is 2.65. The van der Waals surface area contributed by atoms with Crippen LogP contribution in [0, 0.1) is 0 Å². The lowest BCUT2D eigenvalue weighted by molar-refractivity contribution is -0.195. The molecular weight excluding hydrogens is 162 g/mol. The van der Waals surface area contributed by atoms with E-state index < -0.39 is 5.79 Å². The van der Waals surface area contributed by atoms with Crippen LogP contribution >= 0.6 is 0 Å². The van der Waals surface area contributed by atoms with E-state index in [1.807, 2.05) is 13.8 Å². The molecule has 0 radical (unpaired) electrons. The second-order valence-electron chi connectivity index (χ2n) is 3.48. The van der Waals surface area contributed by atoms with Crippen molar-refractivity contribution in [2.75, 3.05) is 6.61 Å². The maximum atomic E-state index is 8.88. The zero-order chi connectivity index (χ0) is 8.77. The van der Waals surface area contributed by atoms with Gasteiger partial charge in [-0.2, -0.15) is 5.48 Å². The van der Waals surface area contributed by atoms with Crippen molar-refractivity contribution in [1.82, 2.24) is 5.48 Å². The highest BCUT2D eigenvalue weighted by molar-refractivity contribution is 4.87. The van der Waals surface area contributed by atoms with Gasteiger partial charge < -0.3 is 14.6 Å². The van der Waals surface area contributed by atoms with Crippen LogP contribution in [-0.4, -0.2) is 35.9 Å². The Bertz CT molecular complexity index is 184. The van der Waals surface area contributed by atoms with Crippen molar-refractivity contribution in [2.24, 2.45) is 0 Å². The summed E-state index contributed by atoms with van der Waals surface area (Å²) < 4.78 is 10.9. The van der Waals surface area contributed by atoms with E-state index in [2.05, 4.69) is 5.48 Å². The van der Waals surface area contributed by atoms with E-state index in [0.29, 0.717) is 0 Å². The Hall–Kier alpha value is -0.200. The van der Waals surface area contributed by atoms with Crippen LogP contribution in [0.5, 0.6) is 0 Å². The van der Waals surface area contributed by atoms with Crippen LogP contribution in [0.4, 0.5) is 0 Å². The summed E-state index contributed by atoms with van der Waals surface area (Å²) >= 11 is 0. The summed E-state index contributed by atoms with van der Waals surface area (Å²) in [6.45, 7) is 3.61. The van der Waals surface area contributed by atoms with Gasteiger partial charge in [-0.15, -0.1) is 0 Å². The average molecular weight is 175 g/mol. The number of hydrogen-bond donors (Lipinski definition) is 2. The van der Waals surface area contributed by atoms with Gasteiger partial charge in [-0.1, -0.05) is 0 Å². The zero-order valence-corrected chi connectivity index (χ0v) is 7.11. The fraction of sp³-hybridized carbons (Fsp3) is 1.00. The molecule has 2 heterocycles. The van der Waals surface area contributed by atoms with E-state index in [1.165, 1.54) is 0 Å². The van der Waals surface area contributed by atoms with E-state index in [4.69, 9.17) is 19.4 Å². The topological polar surface area (TPSA) is 60.0 Å². The maximum Gasteiger partial charge on any atom is 0.165 e. The predicted molar refractivity (Wildman–Crippen MR) is 38.9 cm³/mol. The fourth-order valence-electron chi connectivity index (χ4n) is 1.51. The number of hydroxylamine groups is 1. The molecule has 2 rings (SSSR count). The Morgan fingerprint density at radius 2 is 2.17 bits per heavy atom. The van der Waals surface area contributed by atoms with Crippen molar-refractivity contribution in [3.63, 3.8) is 0 Å². The fourth-order valence-corrected chi connectivity index (χ4v) is 1.51. The SMILES string of the molecule is CC1(C)O[C@H]2[C@H](NO[C@@H]2CO)O1. The molecule has 0 bridgehead atoms. The number of nitrogens with one attached hydrogen (secondary N) is 1.